The number of ether oxygens (including phenoxy) is 2. The molecule has 0 amide bonds. The normalized spacial score (nSPS) is 11.2. The Hall–Kier alpha value is -3.77. The van der Waals surface area contributed by atoms with E-state index in [2.05, 4.69) is 53.6 Å². The zero-order chi connectivity index (χ0) is 27.6. The van der Waals surface area contributed by atoms with E-state index < -0.39 is 0 Å². The van der Waals surface area contributed by atoms with Crippen LogP contribution in [0, 0.1) is 0 Å². The Kier molecular flexibility index (Phi) is 10.0. The standard InChI is InChI=1S/C33H41N3O3/c1-5-7-20-35(23-25-18-19-29(37)31(22-25)39-4)24-28-32(27-16-12-13-17-30(27)38-3)34-33(36(28)21-8-6-2)26-14-10-9-11-15-26/h9-19,22,37H,5-8,20-21,23-24H2,1-4H3. The fourth-order valence-electron chi connectivity index (χ4n) is 4.95. The van der Waals surface area contributed by atoms with Gasteiger partial charge in [0.1, 0.15) is 11.6 Å². The maximum absolute atomic E-state index is 10.1. The van der Waals surface area contributed by atoms with Gasteiger partial charge >= 0.3 is 0 Å². The molecule has 0 bridgehead atoms. The van der Waals surface area contributed by atoms with Crippen LogP contribution in [-0.4, -0.2) is 40.3 Å². The van der Waals surface area contributed by atoms with E-state index in [1.54, 1.807) is 20.3 Å². The first-order chi connectivity index (χ1) is 19.1. The Morgan fingerprint density at radius 2 is 1.54 bits per heavy atom. The molecule has 1 heterocycles. The minimum absolute atomic E-state index is 0.157. The fraction of sp³-hybridized carbons (Fsp3) is 0.364. The number of rotatable bonds is 14. The van der Waals surface area contributed by atoms with Gasteiger partial charge in [0, 0.05) is 30.8 Å². The lowest BCUT2D eigenvalue weighted by Gasteiger charge is -2.24. The van der Waals surface area contributed by atoms with Gasteiger partial charge in [-0.05, 0) is 49.2 Å². The second-order valence-corrected chi connectivity index (χ2v) is 9.87. The van der Waals surface area contributed by atoms with E-state index in [1.807, 2.05) is 36.4 Å². The molecular formula is C33H41N3O3. The molecule has 39 heavy (non-hydrogen) atoms. The highest BCUT2D eigenvalue weighted by molar-refractivity contribution is 5.73. The van der Waals surface area contributed by atoms with Crippen LogP contribution in [0.1, 0.15) is 50.8 Å². The lowest BCUT2D eigenvalue weighted by molar-refractivity contribution is 0.245. The van der Waals surface area contributed by atoms with Crippen molar-refractivity contribution in [2.45, 2.75) is 59.2 Å². The van der Waals surface area contributed by atoms with Crippen molar-refractivity contribution in [2.75, 3.05) is 20.8 Å². The van der Waals surface area contributed by atoms with E-state index in [0.717, 1.165) is 85.8 Å². The first-order valence-electron chi connectivity index (χ1n) is 14.0. The van der Waals surface area contributed by atoms with Crippen molar-refractivity contribution in [2.24, 2.45) is 0 Å². The van der Waals surface area contributed by atoms with Gasteiger partial charge in [0.2, 0.25) is 0 Å². The SMILES string of the molecule is CCCCN(Cc1ccc(O)c(OC)c1)Cc1c(-c2ccccc2OC)nc(-c2ccccc2)n1CCCC. The van der Waals surface area contributed by atoms with Crippen LogP contribution in [0.2, 0.25) is 0 Å². The van der Waals surface area contributed by atoms with E-state index in [4.69, 9.17) is 14.5 Å². The number of imidazole rings is 1. The molecule has 6 nitrogen and oxygen atoms in total. The molecule has 6 heteroatoms. The van der Waals surface area contributed by atoms with Gasteiger partial charge in [-0.3, -0.25) is 4.90 Å². The Balaban J connectivity index is 1.84. The lowest BCUT2D eigenvalue weighted by atomic mass is 10.1. The predicted molar refractivity (Wildman–Crippen MR) is 158 cm³/mol. The third-order valence-corrected chi connectivity index (χ3v) is 7.05. The zero-order valence-electron chi connectivity index (χ0n) is 23.7. The number of aromatic hydroxyl groups is 1. The summed E-state index contributed by atoms with van der Waals surface area (Å²) in [5.41, 5.74) is 5.37. The van der Waals surface area contributed by atoms with Gasteiger partial charge in [-0.2, -0.15) is 0 Å². The molecule has 0 fully saturated rings. The first-order valence-corrected chi connectivity index (χ1v) is 14.0. The number of unbranched alkanes of at least 4 members (excludes halogenated alkanes) is 2. The van der Waals surface area contributed by atoms with Gasteiger partial charge in [-0.1, -0.05) is 75.2 Å². The largest absolute Gasteiger partial charge is 0.504 e. The van der Waals surface area contributed by atoms with Crippen LogP contribution in [-0.2, 0) is 19.6 Å². The molecule has 0 saturated carbocycles. The molecule has 1 N–H and O–H groups in total. The number of methoxy groups -OCH3 is 2. The van der Waals surface area contributed by atoms with Gasteiger partial charge in [-0.25, -0.2) is 4.98 Å². The summed E-state index contributed by atoms with van der Waals surface area (Å²) in [5, 5.41) is 10.1. The molecule has 4 rings (SSSR count). The highest BCUT2D eigenvalue weighted by Crippen LogP contribution is 2.36. The zero-order valence-corrected chi connectivity index (χ0v) is 23.7. The van der Waals surface area contributed by atoms with Crippen molar-refractivity contribution in [3.63, 3.8) is 0 Å². The number of aromatic nitrogens is 2. The third-order valence-electron chi connectivity index (χ3n) is 7.05. The van der Waals surface area contributed by atoms with Gasteiger partial charge in [-0.15, -0.1) is 0 Å². The summed E-state index contributed by atoms with van der Waals surface area (Å²) in [7, 11) is 3.31. The van der Waals surface area contributed by atoms with Crippen molar-refractivity contribution >= 4 is 0 Å². The summed E-state index contributed by atoms with van der Waals surface area (Å²) >= 11 is 0. The molecule has 0 saturated heterocycles. The van der Waals surface area contributed by atoms with Crippen molar-refractivity contribution in [1.29, 1.82) is 0 Å². The number of benzene rings is 3. The summed E-state index contributed by atoms with van der Waals surface area (Å²) in [4.78, 5) is 7.77. The second-order valence-electron chi connectivity index (χ2n) is 9.87. The molecule has 1 aromatic heterocycles. The number of phenolic OH excluding ortho intramolecular Hbond substituents is 1. The molecule has 0 radical (unpaired) electrons. The van der Waals surface area contributed by atoms with Crippen molar-refractivity contribution in [3.8, 4) is 39.9 Å². The van der Waals surface area contributed by atoms with E-state index >= 15 is 0 Å². The molecule has 0 atom stereocenters. The summed E-state index contributed by atoms with van der Waals surface area (Å²) < 4.78 is 13.6. The highest BCUT2D eigenvalue weighted by Gasteiger charge is 2.23. The van der Waals surface area contributed by atoms with Crippen LogP contribution in [0.25, 0.3) is 22.6 Å². The number of phenols is 1. The maximum atomic E-state index is 10.1. The summed E-state index contributed by atoms with van der Waals surface area (Å²) in [6, 6.07) is 24.2. The number of nitrogens with zero attached hydrogens (tertiary/aromatic N) is 3. The third kappa shape index (κ3) is 6.82. The topological polar surface area (TPSA) is 59.8 Å². The molecule has 0 spiro atoms. The van der Waals surface area contributed by atoms with Crippen LogP contribution in [0.4, 0.5) is 0 Å². The van der Waals surface area contributed by atoms with Gasteiger partial charge in [0.25, 0.3) is 0 Å². The van der Waals surface area contributed by atoms with Crippen molar-refractivity contribution in [1.82, 2.24) is 14.5 Å². The van der Waals surface area contributed by atoms with Crippen molar-refractivity contribution in [3.05, 3.63) is 84.1 Å². The van der Waals surface area contributed by atoms with E-state index in [9.17, 15) is 5.11 Å². The number of hydrogen-bond donors (Lipinski definition) is 1. The molecule has 4 aromatic rings. The van der Waals surface area contributed by atoms with E-state index in [-0.39, 0.29) is 5.75 Å². The van der Waals surface area contributed by atoms with Crippen LogP contribution < -0.4 is 9.47 Å². The molecule has 0 unspecified atom stereocenters. The fourth-order valence-corrected chi connectivity index (χ4v) is 4.95. The first kappa shape index (κ1) is 28.2. The monoisotopic (exact) mass is 527 g/mol. The summed E-state index contributed by atoms with van der Waals surface area (Å²) in [6.07, 6.45) is 4.37. The molecule has 3 aromatic carbocycles. The van der Waals surface area contributed by atoms with E-state index in [0.29, 0.717) is 5.75 Å². The van der Waals surface area contributed by atoms with Crippen LogP contribution >= 0.6 is 0 Å². The minimum atomic E-state index is 0.157. The molecule has 0 aliphatic heterocycles. The lowest BCUT2D eigenvalue weighted by Crippen LogP contribution is -2.26. The van der Waals surface area contributed by atoms with Gasteiger partial charge in [0.05, 0.1) is 25.6 Å². The Morgan fingerprint density at radius 3 is 2.26 bits per heavy atom. The minimum Gasteiger partial charge on any atom is -0.504 e. The second kappa shape index (κ2) is 13.9. The molecule has 206 valence electrons. The summed E-state index contributed by atoms with van der Waals surface area (Å²) in [5.74, 6) is 2.46. The summed E-state index contributed by atoms with van der Waals surface area (Å²) in [6.45, 7) is 7.77. The molecule has 0 aliphatic rings. The van der Waals surface area contributed by atoms with Crippen LogP contribution in [0.5, 0.6) is 17.2 Å². The molecular weight excluding hydrogens is 486 g/mol. The average molecular weight is 528 g/mol. The quantitative estimate of drug-likeness (QED) is 0.184. The van der Waals surface area contributed by atoms with E-state index in [1.165, 1.54) is 5.69 Å². The maximum Gasteiger partial charge on any atom is 0.160 e. The average Bonchev–Trinajstić information content (AvgIpc) is 3.33. The number of hydrogen-bond acceptors (Lipinski definition) is 5. The number of para-hydroxylation sites is 1. The van der Waals surface area contributed by atoms with Gasteiger partial charge in [0.15, 0.2) is 11.5 Å². The van der Waals surface area contributed by atoms with Crippen LogP contribution in [0.15, 0.2) is 72.8 Å². The smallest absolute Gasteiger partial charge is 0.160 e. The van der Waals surface area contributed by atoms with Gasteiger partial charge < -0.3 is 19.1 Å². The van der Waals surface area contributed by atoms with Crippen molar-refractivity contribution < 1.29 is 14.6 Å². The Morgan fingerprint density at radius 1 is 0.821 bits per heavy atom. The predicted octanol–water partition coefficient (Wildman–Crippen LogP) is 7.54. The Bertz CT molecular complexity index is 1330. The molecule has 0 aliphatic carbocycles. The van der Waals surface area contributed by atoms with Crippen LogP contribution in [0.3, 0.4) is 0 Å². The highest BCUT2D eigenvalue weighted by atomic mass is 16.5. The Labute approximate surface area is 232 Å².